The number of rotatable bonds is 3. The van der Waals surface area contributed by atoms with Crippen LogP contribution in [0.3, 0.4) is 0 Å². The Labute approximate surface area is 216 Å². The molecular formula is C24H35BrN4O5S. The molecule has 0 bridgehead atoms. The fourth-order valence-corrected chi connectivity index (χ4v) is 5.42. The van der Waals surface area contributed by atoms with E-state index in [0.717, 1.165) is 41.7 Å². The van der Waals surface area contributed by atoms with E-state index in [4.69, 9.17) is 10.6 Å². The van der Waals surface area contributed by atoms with Crippen molar-refractivity contribution in [3.63, 3.8) is 0 Å². The molecule has 0 saturated carbocycles. The first-order valence-corrected chi connectivity index (χ1v) is 13.5. The van der Waals surface area contributed by atoms with Gasteiger partial charge in [-0.1, -0.05) is 22.4 Å². The molecule has 0 aliphatic carbocycles. The van der Waals surface area contributed by atoms with Crippen LogP contribution in [-0.2, 0) is 14.9 Å². The highest BCUT2D eigenvalue weighted by molar-refractivity contribution is 9.10. The van der Waals surface area contributed by atoms with Gasteiger partial charge in [0.2, 0.25) is 12.4 Å². The summed E-state index contributed by atoms with van der Waals surface area (Å²) in [4.78, 5) is 14.0. The molecule has 1 fully saturated rings. The summed E-state index contributed by atoms with van der Waals surface area (Å²) in [5, 5.41) is 2.94. The van der Waals surface area contributed by atoms with Gasteiger partial charge in [0.15, 0.2) is 0 Å². The van der Waals surface area contributed by atoms with E-state index in [2.05, 4.69) is 26.1 Å². The number of benzene rings is 1. The summed E-state index contributed by atoms with van der Waals surface area (Å²) in [6.45, 7) is 12.5. The molecule has 3 N–H and O–H groups in total. The van der Waals surface area contributed by atoms with Gasteiger partial charge in [-0.25, -0.2) is 19.1 Å². The molecule has 0 unspecified atom stereocenters. The molecule has 0 radical (unpaired) electrons. The molecule has 1 aromatic carbocycles. The first-order valence-electron chi connectivity index (χ1n) is 11.3. The molecule has 0 atom stereocenters. The predicted octanol–water partition coefficient (Wildman–Crippen LogP) is 3.46. The van der Waals surface area contributed by atoms with Crippen molar-refractivity contribution in [3.8, 4) is 0 Å². The number of pyridine rings is 1. The van der Waals surface area contributed by atoms with Crippen LogP contribution in [-0.4, -0.2) is 43.8 Å². The minimum Gasteiger partial charge on any atom is -0.744 e. The predicted molar refractivity (Wildman–Crippen MR) is 138 cm³/mol. The van der Waals surface area contributed by atoms with E-state index in [1.807, 2.05) is 40.0 Å². The van der Waals surface area contributed by atoms with Crippen molar-refractivity contribution < 1.29 is 27.2 Å². The summed E-state index contributed by atoms with van der Waals surface area (Å²) in [7, 11) is -4.33. The van der Waals surface area contributed by atoms with Crippen molar-refractivity contribution in [2.45, 2.75) is 70.9 Å². The van der Waals surface area contributed by atoms with Gasteiger partial charge in [0, 0.05) is 19.1 Å². The van der Waals surface area contributed by atoms with Crippen LogP contribution in [0.4, 0.5) is 10.5 Å². The monoisotopic (exact) mass is 570 g/mol. The second-order valence-corrected chi connectivity index (χ2v) is 12.0. The summed E-state index contributed by atoms with van der Waals surface area (Å²) in [6, 6.07) is 5.59. The van der Waals surface area contributed by atoms with Gasteiger partial charge in [0.1, 0.15) is 21.4 Å². The second kappa shape index (κ2) is 11.6. The molecule has 1 amide bonds. The highest BCUT2D eigenvalue weighted by Crippen LogP contribution is 2.22. The molecule has 3 rings (SSSR count). The Hall–Kier alpha value is -2.37. The highest BCUT2D eigenvalue weighted by Gasteiger charge is 2.24. The fraction of sp³-hybridized carbons (Fsp3) is 0.500. The summed E-state index contributed by atoms with van der Waals surface area (Å²) >= 11 is 3.45. The zero-order chi connectivity index (χ0) is 26.6. The quantitative estimate of drug-likeness (QED) is 0.328. The lowest BCUT2D eigenvalue weighted by Gasteiger charge is -2.33. The van der Waals surface area contributed by atoms with Gasteiger partial charge in [-0.15, -0.1) is 0 Å². The first kappa shape index (κ1) is 28.9. The number of nitrogens with one attached hydrogen (secondary N) is 1. The highest BCUT2D eigenvalue weighted by atomic mass is 79.9. The summed E-state index contributed by atoms with van der Waals surface area (Å²) in [5.74, 6) is 5.80. The number of nitrogens with two attached hydrogens (primary N) is 1. The Balaban J connectivity index is 0.000000283. The SMILES string of the molecule is CC(C)(C)OC(=O)NC1CCN(c2cc(Br)c[n+](N)c2)CC1.Cc1cc(C)c(S(=O)(=O)[O-])c(C)c1. The Kier molecular flexibility index (Phi) is 9.55. The van der Waals surface area contributed by atoms with Crippen LogP contribution in [0.25, 0.3) is 0 Å². The average molecular weight is 572 g/mol. The molecule has 2 aromatic rings. The number of ether oxygens (including phenoxy) is 1. The van der Waals surface area contributed by atoms with Crippen LogP contribution in [0.5, 0.6) is 0 Å². The molecule has 11 heteroatoms. The van der Waals surface area contributed by atoms with Crippen molar-refractivity contribution in [2.75, 3.05) is 23.8 Å². The fourth-order valence-electron chi connectivity index (χ4n) is 4.04. The number of nitrogen functional groups attached to an aromatic ring is 1. The number of hydrogen-bond acceptors (Lipinski definition) is 7. The van der Waals surface area contributed by atoms with Gasteiger partial charge < -0.3 is 19.5 Å². The maximum Gasteiger partial charge on any atom is 0.407 e. The number of carbonyl (C=O) groups excluding carboxylic acids is 1. The van der Waals surface area contributed by atoms with Crippen molar-refractivity contribution in [1.82, 2.24) is 5.32 Å². The normalized spacial score (nSPS) is 14.7. The van der Waals surface area contributed by atoms with E-state index in [1.54, 1.807) is 36.9 Å². The number of aromatic nitrogens is 1. The van der Waals surface area contributed by atoms with Gasteiger partial charge in [0.05, 0.1) is 9.37 Å². The van der Waals surface area contributed by atoms with Gasteiger partial charge in [-0.2, -0.15) is 0 Å². The molecule has 1 saturated heterocycles. The largest absolute Gasteiger partial charge is 0.744 e. The van der Waals surface area contributed by atoms with E-state index in [0.29, 0.717) is 11.1 Å². The number of piperidine rings is 1. The van der Waals surface area contributed by atoms with Crippen LogP contribution < -0.4 is 20.7 Å². The number of hydrogen-bond donors (Lipinski definition) is 2. The number of aryl methyl sites for hydroxylation is 3. The topological polar surface area (TPSA) is 129 Å². The molecule has 1 aromatic heterocycles. The standard InChI is InChI=1S/C15H23BrN4O2.C9H12O3S/c1-15(2,3)22-14(21)18-12-4-6-19(7-5-12)13-8-11(16)9-20(17)10-13;1-6-4-7(2)9(8(3)5-6)13(10,11)12/h8-10,12H,4-7,17H2,1-3H3;4-5H,1-3H3,(H,10,11,12). The van der Waals surface area contributed by atoms with Crippen molar-refractivity contribution in [2.24, 2.45) is 0 Å². The maximum absolute atomic E-state index is 11.8. The van der Waals surface area contributed by atoms with E-state index < -0.39 is 15.7 Å². The van der Waals surface area contributed by atoms with Crippen molar-refractivity contribution in [3.05, 3.63) is 51.8 Å². The van der Waals surface area contributed by atoms with Crippen LogP contribution in [0, 0.1) is 20.8 Å². The Morgan fingerprint density at radius 3 is 2.14 bits per heavy atom. The molecule has 35 heavy (non-hydrogen) atoms. The van der Waals surface area contributed by atoms with E-state index in [9.17, 15) is 17.8 Å². The zero-order valence-electron chi connectivity index (χ0n) is 21.1. The zero-order valence-corrected chi connectivity index (χ0v) is 23.5. The van der Waals surface area contributed by atoms with E-state index in [1.165, 1.54) is 0 Å². The van der Waals surface area contributed by atoms with Crippen LogP contribution in [0.2, 0.25) is 0 Å². The number of amides is 1. The lowest BCUT2D eigenvalue weighted by Crippen LogP contribution is -2.48. The molecule has 1 aliphatic heterocycles. The number of alkyl carbamates (subject to hydrolysis) is 1. The number of nitrogens with zero attached hydrogens (tertiary/aromatic N) is 2. The molecule has 2 heterocycles. The number of halogens is 1. The lowest BCUT2D eigenvalue weighted by molar-refractivity contribution is -0.638. The van der Waals surface area contributed by atoms with Crippen molar-refractivity contribution >= 4 is 37.8 Å². The Morgan fingerprint density at radius 2 is 1.69 bits per heavy atom. The summed E-state index contributed by atoms with van der Waals surface area (Å²) < 4.78 is 40.3. The third-order valence-electron chi connectivity index (χ3n) is 5.28. The Bertz CT molecular complexity index is 1110. The summed E-state index contributed by atoms with van der Waals surface area (Å²) in [6.07, 6.45) is 5.13. The second-order valence-electron chi connectivity index (χ2n) is 9.75. The molecule has 1 aliphatic rings. The van der Waals surface area contributed by atoms with Crippen LogP contribution in [0.15, 0.2) is 40.0 Å². The number of anilines is 1. The Morgan fingerprint density at radius 1 is 1.14 bits per heavy atom. The van der Waals surface area contributed by atoms with Crippen LogP contribution in [0.1, 0.15) is 50.3 Å². The van der Waals surface area contributed by atoms with Gasteiger partial charge >= 0.3 is 6.09 Å². The van der Waals surface area contributed by atoms with E-state index in [-0.39, 0.29) is 17.0 Å². The van der Waals surface area contributed by atoms with Crippen LogP contribution >= 0.6 is 15.9 Å². The third kappa shape index (κ3) is 9.30. The summed E-state index contributed by atoms with van der Waals surface area (Å²) in [5.41, 5.74) is 2.62. The molecule has 0 spiro atoms. The van der Waals surface area contributed by atoms with E-state index >= 15 is 0 Å². The minimum absolute atomic E-state index is 0.0851. The van der Waals surface area contributed by atoms with Gasteiger partial charge in [-0.3, -0.25) is 0 Å². The molecule has 9 nitrogen and oxygen atoms in total. The minimum atomic E-state index is -4.33. The molecule has 194 valence electrons. The molecular weight excluding hydrogens is 536 g/mol. The van der Waals surface area contributed by atoms with Crippen molar-refractivity contribution in [1.29, 1.82) is 0 Å². The smallest absolute Gasteiger partial charge is 0.407 e. The van der Waals surface area contributed by atoms with Gasteiger partial charge in [-0.05, 0) is 87.5 Å². The van der Waals surface area contributed by atoms with Gasteiger partial charge in [0.25, 0.3) is 0 Å². The number of carbonyl (C=O) groups is 1. The maximum atomic E-state index is 11.8. The lowest BCUT2D eigenvalue weighted by atomic mass is 10.0. The first-order chi connectivity index (χ1) is 16.0. The average Bonchev–Trinajstić information content (AvgIpc) is 2.64. The third-order valence-corrected chi connectivity index (χ3v) is 6.85.